The number of rotatable bonds is 4. The van der Waals surface area contributed by atoms with Crippen molar-refractivity contribution in [1.82, 2.24) is 0 Å². The molecule has 1 fully saturated rings. The van der Waals surface area contributed by atoms with Crippen molar-refractivity contribution in [2.45, 2.75) is 25.4 Å². The number of ketones is 2. The normalized spacial score (nSPS) is 20.7. The van der Waals surface area contributed by atoms with Crippen molar-refractivity contribution in [2.24, 2.45) is 11.7 Å². The summed E-state index contributed by atoms with van der Waals surface area (Å²) in [5.41, 5.74) is 7.58. The van der Waals surface area contributed by atoms with Crippen LogP contribution in [0.25, 0.3) is 11.0 Å². The van der Waals surface area contributed by atoms with Crippen LogP contribution >= 0.6 is 0 Å². The van der Waals surface area contributed by atoms with Crippen LogP contribution in [0.1, 0.15) is 39.3 Å². The van der Waals surface area contributed by atoms with Gasteiger partial charge in [0.15, 0.2) is 17.6 Å². The van der Waals surface area contributed by atoms with E-state index in [9.17, 15) is 19.2 Å². The molecule has 1 aromatic heterocycles. The predicted molar refractivity (Wildman–Crippen MR) is 115 cm³/mol. The average molecular weight is 432 g/mol. The number of nitrogens with zero attached hydrogens (tertiary/aromatic N) is 1. The smallest absolute Gasteiger partial charge is 0.415 e. The Morgan fingerprint density at radius 3 is 2.62 bits per heavy atom. The van der Waals surface area contributed by atoms with Crippen molar-refractivity contribution in [3.8, 4) is 0 Å². The molecule has 1 aliphatic heterocycles. The van der Waals surface area contributed by atoms with E-state index < -0.39 is 24.0 Å². The Bertz CT molecular complexity index is 1240. The van der Waals surface area contributed by atoms with Gasteiger partial charge in [-0.05, 0) is 55.2 Å². The number of primary amides is 1. The Hall–Kier alpha value is -3.94. The van der Waals surface area contributed by atoms with Gasteiger partial charge in [0.2, 0.25) is 5.78 Å². The summed E-state index contributed by atoms with van der Waals surface area (Å²) in [6.07, 6.45) is -0.0389. The van der Waals surface area contributed by atoms with E-state index >= 15 is 0 Å². The number of amides is 2. The van der Waals surface area contributed by atoms with Crippen molar-refractivity contribution in [1.29, 1.82) is 0 Å². The Balaban J connectivity index is 1.42. The minimum Gasteiger partial charge on any atom is -0.453 e. The molecule has 0 spiro atoms. The SMILES string of the molecule is NC(=O)[C@@H]1CN(c2ccc3c(c2)CCC[C@@H](C(=O)c2cc4ccccc4o2)C3=O)C(=O)O1. The molecule has 2 atom stereocenters. The van der Waals surface area contributed by atoms with Crippen molar-refractivity contribution in [3.05, 3.63) is 65.4 Å². The first-order valence-electron chi connectivity index (χ1n) is 10.4. The number of furan rings is 1. The molecule has 32 heavy (non-hydrogen) atoms. The van der Waals surface area contributed by atoms with Gasteiger partial charge in [-0.15, -0.1) is 0 Å². The second-order valence-corrected chi connectivity index (χ2v) is 8.05. The minimum atomic E-state index is -1.01. The highest BCUT2D eigenvalue weighted by atomic mass is 16.6. The number of ether oxygens (including phenoxy) is 1. The number of cyclic esters (lactones) is 1. The molecule has 0 radical (unpaired) electrons. The first kappa shape index (κ1) is 20.0. The Kier molecular flexibility index (Phi) is 4.77. The number of carbonyl (C=O) groups excluding carboxylic acids is 4. The Morgan fingerprint density at radius 1 is 1.06 bits per heavy atom. The molecule has 2 N–H and O–H groups in total. The van der Waals surface area contributed by atoms with Crippen molar-refractivity contribution in [3.63, 3.8) is 0 Å². The van der Waals surface area contributed by atoms with E-state index in [0.29, 0.717) is 36.1 Å². The zero-order valence-electron chi connectivity index (χ0n) is 17.1. The number of para-hydroxylation sites is 1. The Labute approximate surface area is 182 Å². The van der Waals surface area contributed by atoms with E-state index in [2.05, 4.69) is 0 Å². The number of hydrogen-bond acceptors (Lipinski definition) is 6. The van der Waals surface area contributed by atoms with Crippen LogP contribution < -0.4 is 10.6 Å². The molecular weight excluding hydrogens is 412 g/mol. The summed E-state index contributed by atoms with van der Waals surface area (Å²) >= 11 is 0. The van der Waals surface area contributed by atoms with Gasteiger partial charge in [0.05, 0.1) is 12.5 Å². The topological polar surface area (TPSA) is 120 Å². The van der Waals surface area contributed by atoms with E-state index in [1.807, 2.05) is 18.2 Å². The van der Waals surface area contributed by atoms with Gasteiger partial charge in [-0.2, -0.15) is 0 Å². The third-order valence-corrected chi connectivity index (χ3v) is 6.04. The maximum atomic E-state index is 13.3. The van der Waals surface area contributed by atoms with Crippen LogP contribution in [0, 0.1) is 5.92 Å². The van der Waals surface area contributed by atoms with Crippen molar-refractivity contribution >= 4 is 40.2 Å². The lowest BCUT2D eigenvalue weighted by atomic mass is 9.90. The Morgan fingerprint density at radius 2 is 1.88 bits per heavy atom. The number of nitrogens with two attached hydrogens (primary N) is 1. The quantitative estimate of drug-likeness (QED) is 0.384. The van der Waals surface area contributed by atoms with Crippen LogP contribution in [0.5, 0.6) is 0 Å². The molecule has 8 nitrogen and oxygen atoms in total. The number of aryl methyl sites for hydroxylation is 1. The maximum absolute atomic E-state index is 13.3. The summed E-state index contributed by atoms with van der Waals surface area (Å²) in [5.74, 6) is -1.93. The molecule has 2 aromatic carbocycles. The fourth-order valence-electron chi connectivity index (χ4n) is 4.36. The van der Waals surface area contributed by atoms with E-state index in [1.54, 1.807) is 30.3 Å². The van der Waals surface area contributed by atoms with E-state index in [1.165, 1.54) is 4.90 Å². The summed E-state index contributed by atoms with van der Waals surface area (Å²) in [6.45, 7) is 0.0219. The third-order valence-electron chi connectivity index (χ3n) is 6.04. The van der Waals surface area contributed by atoms with Crippen LogP contribution in [0.2, 0.25) is 0 Å². The van der Waals surface area contributed by atoms with Crippen LogP contribution in [0.15, 0.2) is 52.9 Å². The van der Waals surface area contributed by atoms with E-state index in [-0.39, 0.29) is 23.9 Å². The largest absolute Gasteiger partial charge is 0.453 e. The predicted octanol–water partition coefficient (Wildman–Crippen LogP) is 3.26. The van der Waals surface area contributed by atoms with Crippen LogP contribution in [0.4, 0.5) is 10.5 Å². The summed E-state index contributed by atoms with van der Waals surface area (Å²) in [7, 11) is 0. The van der Waals surface area contributed by atoms with Gasteiger partial charge in [-0.3, -0.25) is 19.3 Å². The molecule has 2 amide bonds. The molecular formula is C24H20N2O6. The van der Waals surface area contributed by atoms with Crippen LogP contribution in [-0.4, -0.2) is 36.2 Å². The molecule has 5 rings (SSSR count). The summed E-state index contributed by atoms with van der Waals surface area (Å²) in [5, 5.41) is 0.814. The minimum absolute atomic E-state index is 0.0219. The molecule has 2 aliphatic rings. The molecule has 0 bridgehead atoms. The number of carbonyl (C=O) groups is 4. The first-order chi connectivity index (χ1) is 15.4. The second kappa shape index (κ2) is 7.64. The number of hydrogen-bond donors (Lipinski definition) is 1. The zero-order valence-corrected chi connectivity index (χ0v) is 17.1. The standard InChI is InChI=1S/C24H20N2O6/c25-23(29)20-12-26(24(30)32-20)15-8-9-16-13(10-15)5-3-6-17(21(16)27)22(28)19-11-14-4-1-2-7-18(14)31-19/h1-2,4,7-11,17,20H,3,5-6,12H2,(H2,25,29)/t17-,20+/m1/s1. The lowest BCUT2D eigenvalue weighted by Gasteiger charge is -2.16. The first-order valence-corrected chi connectivity index (χ1v) is 10.4. The highest BCUT2D eigenvalue weighted by molar-refractivity contribution is 6.16. The summed E-state index contributed by atoms with van der Waals surface area (Å²) in [6, 6.07) is 14.0. The van der Waals surface area contributed by atoms with Gasteiger partial charge in [0.1, 0.15) is 5.58 Å². The van der Waals surface area contributed by atoms with Crippen molar-refractivity contribution < 1.29 is 28.3 Å². The van der Waals surface area contributed by atoms with Gasteiger partial charge < -0.3 is 14.9 Å². The fraction of sp³-hybridized carbons (Fsp3) is 0.250. The number of Topliss-reactive ketones (excluding diaryl/α,β-unsaturated/α-hetero) is 2. The zero-order chi connectivity index (χ0) is 22.4. The molecule has 162 valence electrons. The molecule has 1 saturated heterocycles. The molecule has 3 aromatic rings. The molecule has 1 aliphatic carbocycles. The third kappa shape index (κ3) is 3.33. The maximum Gasteiger partial charge on any atom is 0.415 e. The molecule has 8 heteroatoms. The van der Waals surface area contributed by atoms with Gasteiger partial charge in [0.25, 0.3) is 5.91 Å². The lowest BCUT2D eigenvalue weighted by molar-refractivity contribution is -0.124. The van der Waals surface area contributed by atoms with Gasteiger partial charge in [-0.25, -0.2) is 4.79 Å². The lowest BCUT2D eigenvalue weighted by Crippen LogP contribution is -2.32. The van der Waals surface area contributed by atoms with E-state index in [4.69, 9.17) is 14.9 Å². The molecule has 2 heterocycles. The van der Waals surface area contributed by atoms with Gasteiger partial charge in [0, 0.05) is 16.6 Å². The number of anilines is 1. The highest BCUT2D eigenvalue weighted by Gasteiger charge is 2.37. The summed E-state index contributed by atoms with van der Waals surface area (Å²) < 4.78 is 10.7. The summed E-state index contributed by atoms with van der Waals surface area (Å²) in [4.78, 5) is 51.2. The average Bonchev–Trinajstić information content (AvgIpc) is 3.35. The van der Waals surface area contributed by atoms with E-state index in [0.717, 1.165) is 10.9 Å². The number of benzene rings is 2. The van der Waals surface area contributed by atoms with Gasteiger partial charge in [-0.1, -0.05) is 18.2 Å². The van der Waals surface area contributed by atoms with Crippen LogP contribution in [0.3, 0.4) is 0 Å². The fourth-order valence-corrected chi connectivity index (χ4v) is 4.36. The number of fused-ring (bicyclic) bond motifs is 2. The molecule has 0 unspecified atom stereocenters. The monoisotopic (exact) mass is 432 g/mol. The van der Waals surface area contributed by atoms with Crippen LogP contribution in [-0.2, 0) is 16.0 Å². The highest BCUT2D eigenvalue weighted by Crippen LogP contribution is 2.32. The van der Waals surface area contributed by atoms with Gasteiger partial charge >= 0.3 is 6.09 Å². The van der Waals surface area contributed by atoms with Crippen molar-refractivity contribution in [2.75, 3.05) is 11.4 Å². The second-order valence-electron chi connectivity index (χ2n) is 8.05. The molecule has 0 saturated carbocycles.